The lowest BCUT2D eigenvalue weighted by molar-refractivity contribution is -0.155. The first-order chi connectivity index (χ1) is 27.0. The Balaban J connectivity index is 0.978. The molecule has 298 valence electrons. The standard InChI is InChI=1S/C44H58N8O4/c1-6-50(7-2)34-22-20-33(21-23-34)41(53)51-24-8-10-37(51)39-46-26-35(48-39)31-16-12-29(13-17-31)30-14-18-32(19-15-30)36-27-47-40(49-36)38-11-9-25-52(38)42(54)44(5,28(3)4)56-43(45)55/h12-19,26-28,33-34,37-38H,6-11,20-25H2,1-5H3,(H2,45,55)(H,46,48)(H,47,49)/t33?,34?,37-,38-,44-/m0/s1. The van der Waals surface area contributed by atoms with Gasteiger partial charge in [-0.2, -0.15) is 0 Å². The molecule has 7 rings (SSSR count). The highest BCUT2D eigenvalue weighted by Crippen LogP contribution is 2.38. The maximum absolute atomic E-state index is 13.8. The molecule has 0 spiro atoms. The number of carbonyl (C=O) groups excluding carboxylic acids is 3. The molecule has 2 aliphatic heterocycles. The van der Waals surface area contributed by atoms with Crippen LogP contribution in [0, 0.1) is 11.8 Å². The molecule has 4 aromatic rings. The number of nitrogens with two attached hydrogens (primary N) is 1. The molecule has 0 bridgehead atoms. The lowest BCUT2D eigenvalue weighted by Crippen LogP contribution is -2.53. The summed E-state index contributed by atoms with van der Waals surface area (Å²) in [6.45, 7) is 13.3. The number of hydrogen-bond donors (Lipinski definition) is 3. The molecule has 3 amide bonds. The molecule has 56 heavy (non-hydrogen) atoms. The molecule has 0 radical (unpaired) electrons. The van der Waals surface area contributed by atoms with Gasteiger partial charge in [-0.1, -0.05) is 76.2 Å². The summed E-state index contributed by atoms with van der Waals surface area (Å²) < 4.78 is 5.37. The Morgan fingerprint density at radius 2 is 1.23 bits per heavy atom. The molecule has 0 unspecified atom stereocenters. The van der Waals surface area contributed by atoms with Crippen LogP contribution in [0.4, 0.5) is 4.79 Å². The molecule has 12 nitrogen and oxygen atoms in total. The number of H-pyrrole nitrogens is 2. The van der Waals surface area contributed by atoms with Crippen LogP contribution >= 0.6 is 0 Å². The Morgan fingerprint density at radius 1 is 0.768 bits per heavy atom. The summed E-state index contributed by atoms with van der Waals surface area (Å²) in [7, 11) is 0. The molecule has 3 aliphatic rings. The molecule has 4 heterocycles. The second-order valence-electron chi connectivity index (χ2n) is 16.3. The van der Waals surface area contributed by atoms with Crippen LogP contribution in [0.2, 0.25) is 0 Å². The highest BCUT2D eigenvalue weighted by atomic mass is 16.6. The zero-order chi connectivity index (χ0) is 39.6. The molecule has 3 fully saturated rings. The topological polar surface area (TPSA) is 154 Å². The van der Waals surface area contributed by atoms with Gasteiger partial charge in [0, 0.05) is 31.0 Å². The minimum Gasteiger partial charge on any atom is -0.433 e. The van der Waals surface area contributed by atoms with E-state index >= 15 is 0 Å². The predicted molar refractivity (Wildman–Crippen MR) is 217 cm³/mol. The summed E-state index contributed by atoms with van der Waals surface area (Å²) in [6.07, 6.45) is 10.4. The summed E-state index contributed by atoms with van der Waals surface area (Å²) in [4.78, 5) is 62.0. The van der Waals surface area contributed by atoms with Crippen molar-refractivity contribution in [2.24, 2.45) is 17.6 Å². The molecular weight excluding hydrogens is 705 g/mol. The highest BCUT2D eigenvalue weighted by molar-refractivity contribution is 5.88. The summed E-state index contributed by atoms with van der Waals surface area (Å²) in [5.41, 5.74) is 10.0. The van der Waals surface area contributed by atoms with E-state index in [0.29, 0.717) is 24.3 Å². The van der Waals surface area contributed by atoms with E-state index in [2.05, 4.69) is 87.1 Å². The SMILES string of the molecule is CCN(CC)C1CCC(C(=O)N2CCC[C@H]2c2ncc(-c3ccc(-c4ccc(-c5cnc([C@@H]6CCCN6C(=O)[C@@](C)(OC(N)=O)C(C)C)[nH]5)cc4)cc3)[nH]2)CC1. The van der Waals surface area contributed by atoms with Gasteiger partial charge >= 0.3 is 6.09 Å². The van der Waals surface area contributed by atoms with Crippen LogP contribution < -0.4 is 5.73 Å². The van der Waals surface area contributed by atoms with Crippen molar-refractivity contribution in [1.29, 1.82) is 0 Å². The van der Waals surface area contributed by atoms with Gasteiger partial charge in [0.2, 0.25) is 5.91 Å². The number of primary amides is 1. The fourth-order valence-electron chi connectivity index (χ4n) is 9.16. The number of carbonyl (C=O) groups is 3. The average molecular weight is 763 g/mol. The Bertz CT molecular complexity index is 1980. The van der Waals surface area contributed by atoms with Gasteiger partial charge in [-0.3, -0.25) is 9.59 Å². The van der Waals surface area contributed by atoms with E-state index in [1.54, 1.807) is 18.0 Å². The molecule has 1 aliphatic carbocycles. The van der Waals surface area contributed by atoms with Crippen molar-refractivity contribution in [2.75, 3.05) is 26.2 Å². The monoisotopic (exact) mass is 762 g/mol. The second kappa shape index (κ2) is 16.6. The van der Waals surface area contributed by atoms with E-state index < -0.39 is 11.7 Å². The number of ether oxygens (including phenoxy) is 1. The minimum absolute atomic E-state index is 0.00338. The molecular formula is C44H58N8O4. The summed E-state index contributed by atoms with van der Waals surface area (Å²) in [6, 6.07) is 17.2. The Labute approximate surface area is 330 Å². The van der Waals surface area contributed by atoms with E-state index in [1.807, 2.05) is 20.0 Å². The van der Waals surface area contributed by atoms with E-state index in [1.165, 1.54) is 0 Å². The Hall–Kier alpha value is -4.97. The van der Waals surface area contributed by atoms with E-state index in [9.17, 15) is 14.4 Å². The van der Waals surface area contributed by atoms with Crippen LogP contribution in [0.15, 0.2) is 60.9 Å². The van der Waals surface area contributed by atoms with Crippen molar-refractivity contribution in [3.8, 4) is 33.6 Å². The van der Waals surface area contributed by atoms with E-state index in [4.69, 9.17) is 15.5 Å². The molecule has 12 heteroatoms. The number of likely N-dealkylation sites (tertiary alicyclic amines) is 2. The molecule has 1 saturated carbocycles. The summed E-state index contributed by atoms with van der Waals surface area (Å²) >= 11 is 0. The first-order valence-corrected chi connectivity index (χ1v) is 20.7. The van der Waals surface area contributed by atoms with Gasteiger partial charge in [0.15, 0.2) is 5.60 Å². The lowest BCUT2D eigenvalue weighted by Gasteiger charge is -2.37. The van der Waals surface area contributed by atoms with Crippen molar-refractivity contribution in [1.82, 2.24) is 34.6 Å². The lowest BCUT2D eigenvalue weighted by atomic mass is 9.84. The predicted octanol–water partition coefficient (Wildman–Crippen LogP) is 7.87. The molecule has 4 N–H and O–H groups in total. The maximum atomic E-state index is 13.8. The third-order valence-electron chi connectivity index (χ3n) is 12.8. The van der Waals surface area contributed by atoms with E-state index in [0.717, 1.165) is 110 Å². The van der Waals surface area contributed by atoms with Crippen LogP contribution in [0.1, 0.15) is 110 Å². The quantitative estimate of drug-likeness (QED) is 0.133. The molecule has 2 aromatic carbocycles. The number of amides is 3. The van der Waals surface area contributed by atoms with Crippen molar-refractivity contribution in [3.05, 3.63) is 72.6 Å². The second-order valence-corrected chi connectivity index (χ2v) is 16.3. The van der Waals surface area contributed by atoms with Crippen molar-refractivity contribution in [2.45, 2.75) is 110 Å². The number of benzene rings is 2. The number of imidazole rings is 2. The van der Waals surface area contributed by atoms with Crippen molar-refractivity contribution < 1.29 is 19.1 Å². The number of aromatic amines is 2. The maximum Gasteiger partial charge on any atom is 0.405 e. The zero-order valence-electron chi connectivity index (χ0n) is 33.6. The summed E-state index contributed by atoms with van der Waals surface area (Å²) in [5.74, 6) is 1.49. The van der Waals surface area contributed by atoms with Gasteiger partial charge < -0.3 is 35.1 Å². The van der Waals surface area contributed by atoms with Gasteiger partial charge in [0.1, 0.15) is 11.6 Å². The molecule has 2 aromatic heterocycles. The third kappa shape index (κ3) is 7.85. The Morgan fingerprint density at radius 3 is 1.70 bits per heavy atom. The number of nitrogens with one attached hydrogen (secondary N) is 2. The number of hydrogen-bond acceptors (Lipinski definition) is 7. The first kappa shape index (κ1) is 39.3. The highest BCUT2D eigenvalue weighted by Gasteiger charge is 2.47. The fraction of sp³-hybridized carbons (Fsp3) is 0.523. The van der Waals surface area contributed by atoms with Gasteiger partial charge in [-0.25, -0.2) is 14.8 Å². The fourth-order valence-corrected chi connectivity index (χ4v) is 9.16. The number of aromatic nitrogens is 4. The van der Waals surface area contributed by atoms with Crippen LogP contribution in [-0.4, -0.2) is 90.4 Å². The van der Waals surface area contributed by atoms with Gasteiger partial charge in [0.25, 0.3) is 5.91 Å². The van der Waals surface area contributed by atoms with Crippen molar-refractivity contribution >= 4 is 17.9 Å². The van der Waals surface area contributed by atoms with Crippen LogP contribution in [0.3, 0.4) is 0 Å². The third-order valence-corrected chi connectivity index (χ3v) is 12.8. The summed E-state index contributed by atoms with van der Waals surface area (Å²) in [5, 5.41) is 0. The van der Waals surface area contributed by atoms with Gasteiger partial charge in [-0.15, -0.1) is 0 Å². The molecule has 3 atom stereocenters. The molecule has 2 saturated heterocycles. The smallest absolute Gasteiger partial charge is 0.405 e. The Kier molecular flexibility index (Phi) is 11.7. The van der Waals surface area contributed by atoms with Gasteiger partial charge in [0.05, 0.1) is 35.9 Å². The normalized spacial score (nSPS) is 22.5. The van der Waals surface area contributed by atoms with E-state index in [-0.39, 0.29) is 29.8 Å². The number of rotatable bonds is 12. The number of nitrogens with zero attached hydrogens (tertiary/aromatic N) is 5. The zero-order valence-corrected chi connectivity index (χ0v) is 33.6. The van der Waals surface area contributed by atoms with Gasteiger partial charge in [-0.05, 0) is 93.6 Å². The van der Waals surface area contributed by atoms with Crippen LogP contribution in [0.5, 0.6) is 0 Å². The van der Waals surface area contributed by atoms with Crippen LogP contribution in [0.25, 0.3) is 33.6 Å². The van der Waals surface area contributed by atoms with Crippen LogP contribution in [-0.2, 0) is 14.3 Å². The first-order valence-electron chi connectivity index (χ1n) is 20.7. The minimum atomic E-state index is -1.36. The largest absolute Gasteiger partial charge is 0.433 e. The average Bonchev–Trinajstić information content (AvgIpc) is 4.05. The van der Waals surface area contributed by atoms with Crippen molar-refractivity contribution in [3.63, 3.8) is 0 Å².